The Hall–Kier alpha value is -2.60. The van der Waals surface area contributed by atoms with E-state index in [0.29, 0.717) is 19.7 Å². The predicted octanol–water partition coefficient (Wildman–Crippen LogP) is 2.73. The van der Waals surface area contributed by atoms with Crippen molar-refractivity contribution in [3.8, 4) is 0 Å². The van der Waals surface area contributed by atoms with Crippen molar-refractivity contribution in [1.29, 1.82) is 0 Å². The number of aromatic amines is 1. The van der Waals surface area contributed by atoms with Gasteiger partial charge < -0.3 is 19.2 Å². The minimum absolute atomic E-state index is 0.0610. The van der Waals surface area contributed by atoms with Gasteiger partial charge in [-0.2, -0.15) is 0 Å². The number of benzene rings is 1. The molecule has 25 heavy (non-hydrogen) atoms. The fourth-order valence-corrected chi connectivity index (χ4v) is 3.54. The topological polar surface area (TPSA) is 63.1 Å². The largest absolute Gasteiger partial charge is 0.367 e. The van der Waals surface area contributed by atoms with Crippen molar-refractivity contribution in [2.75, 3.05) is 19.7 Å². The standard InChI is InChI=1S/C19H22N4O2/c1-12-10-20-18(21-12)16-11-23(8-9-25-16)19(24)17-13(2)22(3)15-7-5-4-6-14(15)17/h4-7,10,16H,8-9,11H2,1-3H3,(H,20,21)/t16-/m1/s1. The van der Waals surface area contributed by atoms with Crippen LogP contribution in [0.3, 0.4) is 0 Å². The number of para-hydroxylation sites is 1. The number of aryl methyl sites for hydroxylation is 2. The molecule has 1 aromatic carbocycles. The summed E-state index contributed by atoms with van der Waals surface area (Å²) >= 11 is 0. The molecule has 3 heterocycles. The van der Waals surface area contributed by atoms with Gasteiger partial charge in [-0.05, 0) is 19.9 Å². The molecule has 1 saturated heterocycles. The van der Waals surface area contributed by atoms with Crippen molar-refractivity contribution < 1.29 is 9.53 Å². The van der Waals surface area contributed by atoms with Crippen molar-refractivity contribution in [2.24, 2.45) is 7.05 Å². The summed E-state index contributed by atoms with van der Waals surface area (Å²) in [5, 5.41) is 1.00. The average molecular weight is 338 g/mol. The maximum atomic E-state index is 13.3. The monoisotopic (exact) mass is 338 g/mol. The Labute approximate surface area is 146 Å². The molecule has 0 saturated carbocycles. The second-order valence-corrected chi connectivity index (χ2v) is 6.60. The molecule has 4 rings (SSSR count). The number of morpholine rings is 1. The first-order valence-corrected chi connectivity index (χ1v) is 8.52. The Balaban J connectivity index is 1.66. The van der Waals surface area contributed by atoms with Crippen LogP contribution in [0.1, 0.15) is 33.7 Å². The Morgan fingerprint density at radius 3 is 2.88 bits per heavy atom. The first-order valence-electron chi connectivity index (χ1n) is 8.52. The van der Waals surface area contributed by atoms with Gasteiger partial charge in [-0.25, -0.2) is 4.98 Å². The zero-order valence-corrected chi connectivity index (χ0v) is 14.7. The molecule has 1 amide bonds. The van der Waals surface area contributed by atoms with Gasteiger partial charge >= 0.3 is 0 Å². The lowest BCUT2D eigenvalue weighted by Crippen LogP contribution is -2.42. The van der Waals surface area contributed by atoms with Crippen LogP contribution in [-0.2, 0) is 11.8 Å². The number of ether oxygens (including phenoxy) is 1. The van der Waals surface area contributed by atoms with Crippen LogP contribution in [0.2, 0.25) is 0 Å². The first-order chi connectivity index (χ1) is 12.1. The molecular formula is C19H22N4O2. The molecular weight excluding hydrogens is 316 g/mol. The first kappa shape index (κ1) is 15.9. The van der Waals surface area contributed by atoms with E-state index in [2.05, 4.69) is 14.5 Å². The Morgan fingerprint density at radius 2 is 2.12 bits per heavy atom. The summed E-state index contributed by atoms with van der Waals surface area (Å²) in [6, 6.07) is 8.04. The van der Waals surface area contributed by atoms with Gasteiger partial charge in [0, 0.05) is 42.1 Å². The summed E-state index contributed by atoms with van der Waals surface area (Å²) in [6.07, 6.45) is 1.58. The normalized spacial score (nSPS) is 18.0. The van der Waals surface area contributed by atoms with E-state index < -0.39 is 0 Å². The van der Waals surface area contributed by atoms with E-state index in [9.17, 15) is 4.79 Å². The lowest BCUT2D eigenvalue weighted by atomic mass is 10.1. The van der Waals surface area contributed by atoms with Crippen LogP contribution in [0.15, 0.2) is 30.5 Å². The van der Waals surface area contributed by atoms with Gasteiger partial charge in [0.2, 0.25) is 0 Å². The Bertz CT molecular complexity index is 940. The SMILES string of the molecule is Cc1cnc([C@H]2CN(C(=O)c3c(C)n(C)c4ccccc34)CCO2)[nH]1. The molecule has 1 atom stereocenters. The van der Waals surface area contributed by atoms with E-state index in [1.54, 1.807) is 6.20 Å². The number of imidazole rings is 1. The summed E-state index contributed by atoms with van der Waals surface area (Å²) in [6.45, 7) is 5.58. The van der Waals surface area contributed by atoms with Gasteiger partial charge in [0.1, 0.15) is 11.9 Å². The molecule has 130 valence electrons. The lowest BCUT2D eigenvalue weighted by molar-refractivity contribution is -0.0264. The van der Waals surface area contributed by atoms with Crippen LogP contribution in [0.25, 0.3) is 10.9 Å². The van der Waals surface area contributed by atoms with E-state index >= 15 is 0 Å². The molecule has 0 spiro atoms. The molecule has 3 aromatic rings. The van der Waals surface area contributed by atoms with E-state index in [1.807, 2.05) is 50.1 Å². The van der Waals surface area contributed by atoms with Gasteiger partial charge in [0.15, 0.2) is 0 Å². The molecule has 6 nitrogen and oxygen atoms in total. The third-order valence-electron chi connectivity index (χ3n) is 4.99. The molecule has 0 aliphatic carbocycles. The van der Waals surface area contributed by atoms with Crippen LogP contribution in [0, 0.1) is 13.8 Å². The number of hydrogen-bond donors (Lipinski definition) is 1. The fourth-order valence-electron chi connectivity index (χ4n) is 3.54. The highest BCUT2D eigenvalue weighted by Crippen LogP contribution is 2.28. The van der Waals surface area contributed by atoms with Crippen LogP contribution in [-0.4, -0.2) is 45.0 Å². The number of aromatic nitrogens is 3. The highest BCUT2D eigenvalue weighted by atomic mass is 16.5. The van der Waals surface area contributed by atoms with Crippen molar-refractivity contribution in [3.63, 3.8) is 0 Å². The molecule has 1 fully saturated rings. The third-order valence-corrected chi connectivity index (χ3v) is 4.99. The highest BCUT2D eigenvalue weighted by Gasteiger charge is 2.30. The third kappa shape index (κ3) is 2.62. The fraction of sp³-hybridized carbons (Fsp3) is 0.368. The number of hydrogen-bond acceptors (Lipinski definition) is 3. The average Bonchev–Trinajstić information content (AvgIpc) is 3.17. The number of nitrogens with one attached hydrogen (secondary N) is 1. The van der Waals surface area contributed by atoms with E-state index in [4.69, 9.17) is 4.74 Å². The Kier molecular flexibility index (Phi) is 3.84. The predicted molar refractivity (Wildman–Crippen MR) is 95.6 cm³/mol. The maximum Gasteiger partial charge on any atom is 0.256 e. The highest BCUT2D eigenvalue weighted by molar-refractivity contribution is 6.08. The van der Waals surface area contributed by atoms with Crippen LogP contribution < -0.4 is 0 Å². The molecule has 0 radical (unpaired) electrons. The molecule has 1 aliphatic rings. The molecule has 0 unspecified atom stereocenters. The molecule has 2 aromatic heterocycles. The Morgan fingerprint density at radius 1 is 1.32 bits per heavy atom. The number of amides is 1. The zero-order chi connectivity index (χ0) is 17.6. The summed E-state index contributed by atoms with van der Waals surface area (Å²) in [7, 11) is 2.00. The lowest BCUT2D eigenvalue weighted by Gasteiger charge is -2.32. The van der Waals surface area contributed by atoms with Gasteiger partial charge in [0.25, 0.3) is 5.91 Å². The van der Waals surface area contributed by atoms with Gasteiger partial charge in [-0.15, -0.1) is 0 Å². The number of nitrogens with zero attached hydrogens (tertiary/aromatic N) is 3. The van der Waals surface area contributed by atoms with Crippen LogP contribution in [0.4, 0.5) is 0 Å². The van der Waals surface area contributed by atoms with Gasteiger partial charge in [-0.1, -0.05) is 18.2 Å². The number of fused-ring (bicyclic) bond motifs is 1. The van der Waals surface area contributed by atoms with Crippen molar-refractivity contribution >= 4 is 16.8 Å². The quantitative estimate of drug-likeness (QED) is 0.781. The molecule has 6 heteroatoms. The number of carbonyl (C=O) groups is 1. The summed E-state index contributed by atoms with van der Waals surface area (Å²) in [5.74, 6) is 0.843. The van der Waals surface area contributed by atoms with E-state index in [1.165, 1.54) is 0 Å². The summed E-state index contributed by atoms with van der Waals surface area (Å²) < 4.78 is 7.90. The zero-order valence-electron chi connectivity index (χ0n) is 14.7. The second kappa shape index (κ2) is 6.04. The van der Waals surface area contributed by atoms with Crippen molar-refractivity contribution in [3.05, 3.63) is 53.2 Å². The summed E-state index contributed by atoms with van der Waals surface area (Å²) in [5.41, 5.74) is 3.85. The smallest absolute Gasteiger partial charge is 0.256 e. The summed E-state index contributed by atoms with van der Waals surface area (Å²) in [4.78, 5) is 22.7. The minimum Gasteiger partial charge on any atom is -0.367 e. The van der Waals surface area contributed by atoms with Crippen LogP contribution >= 0.6 is 0 Å². The van der Waals surface area contributed by atoms with Crippen LogP contribution in [0.5, 0.6) is 0 Å². The molecule has 1 N–H and O–H groups in total. The van der Waals surface area contributed by atoms with Crippen molar-refractivity contribution in [1.82, 2.24) is 19.4 Å². The van der Waals surface area contributed by atoms with E-state index in [0.717, 1.165) is 33.7 Å². The van der Waals surface area contributed by atoms with Gasteiger partial charge in [0.05, 0.1) is 18.7 Å². The minimum atomic E-state index is -0.207. The van der Waals surface area contributed by atoms with Crippen molar-refractivity contribution in [2.45, 2.75) is 20.0 Å². The maximum absolute atomic E-state index is 13.3. The number of carbonyl (C=O) groups excluding carboxylic acids is 1. The second-order valence-electron chi connectivity index (χ2n) is 6.60. The molecule has 0 bridgehead atoms. The molecule has 1 aliphatic heterocycles. The van der Waals surface area contributed by atoms with Gasteiger partial charge in [-0.3, -0.25) is 4.79 Å². The van der Waals surface area contributed by atoms with E-state index in [-0.39, 0.29) is 12.0 Å². The number of H-pyrrole nitrogens is 1. The number of rotatable bonds is 2.